The molecule has 0 unspecified atom stereocenters. The van der Waals surface area contributed by atoms with E-state index in [0.717, 1.165) is 5.56 Å². The molecule has 1 heterocycles. The van der Waals surface area contributed by atoms with E-state index < -0.39 is 0 Å². The number of H-pyrrole nitrogens is 1. The van der Waals surface area contributed by atoms with Crippen LogP contribution in [0, 0.1) is 6.92 Å². The fourth-order valence-corrected chi connectivity index (χ4v) is 1.65. The predicted molar refractivity (Wildman–Crippen MR) is 66.1 cm³/mol. The van der Waals surface area contributed by atoms with Crippen LogP contribution in [0.2, 0.25) is 0 Å². The summed E-state index contributed by atoms with van der Waals surface area (Å²) in [6.07, 6.45) is 0.580. The van der Waals surface area contributed by atoms with Gasteiger partial charge in [-0.25, -0.2) is 0 Å². The highest BCUT2D eigenvalue weighted by atomic mass is 16.3. The van der Waals surface area contributed by atoms with Crippen molar-refractivity contribution < 1.29 is 5.11 Å². The molecular weight excluding hydrogens is 216 g/mol. The van der Waals surface area contributed by atoms with Crippen LogP contribution in [0.5, 0.6) is 5.88 Å². The molecule has 0 fully saturated rings. The molecule has 4 nitrogen and oxygen atoms in total. The number of aromatic hydroxyl groups is 1. The van der Waals surface area contributed by atoms with E-state index in [2.05, 4.69) is 9.97 Å². The van der Waals surface area contributed by atoms with Gasteiger partial charge in [0.05, 0.1) is 0 Å². The third kappa shape index (κ3) is 2.20. The van der Waals surface area contributed by atoms with Crippen LogP contribution >= 0.6 is 0 Å². The fourth-order valence-electron chi connectivity index (χ4n) is 1.65. The van der Waals surface area contributed by atoms with E-state index in [-0.39, 0.29) is 17.0 Å². The molecule has 0 amide bonds. The van der Waals surface area contributed by atoms with E-state index in [1.165, 1.54) is 0 Å². The number of rotatable bonds is 2. The second-order valence-electron chi connectivity index (χ2n) is 3.93. The molecule has 0 spiro atoms. The minimum Gasteiger partial charge on any atom is -0.493 e. The number of aryl methyl sites for hydroxylation is 2. The van der Waals surface area contributed by atoms with Crippen molar-refractivity contribution in [2.24, 2.45) is 0 Å². The van der Waals surface area contributed by atoms with Crippen LogP contribution in [-0.2, 0) is 6.42 Å². The molecular formula is C13H14N2O2. The smallest absolute Gasteiger partial charge is 0.262 e. The van der Waals surface area contributed by atoms with Crippen LogP contribution in [-0.4, -0.2) is 15.1 Å². The first-order valence-electron chi connectivity index (χ1n) is 5.51. The minimum absolute atomic E-state index is 0.213. The van der Waals surface area contributed by atoms with Crippen LogP contribution in [0.1, 0.15) is 18.3 Å². The Kier molecular flexibility index (Phi) is 2.95. The molecule has 0 bridgehead atoms. The van der Waals surface area contributed by atoms with Gasteiger partial charge in [-0.1, -0.05) is 36.8 Å². The van der Waals surface area contributed by atoms with Gasteiger partial charge in [-0.05, 0) is 12.5 Å². The highest BCUT2D eigenvalue weighted by molar-refractivity contribution is 5.67. The van der Waals surface area contributed by atoms with E-state index in [4.69, 9.17) is 0 Å². The highest BCUT2D eigenvalue weighted by Gasteiger charge is 2.11. The number of benzene rings is 1. The second-order valence-corrected chi connectivity index (χ2v) is 3.93. The van der Waals surface area contributed by atoms with Crippen LogP contribution in [0.3, 0.4) is 0 Å². The van der Waals surface area contributed by atoms with E-state index >= 15 is 0 Å². The summed E-state index contributed by atoms with van der Waals surface area (Å²) >= 11 is 0. The molecule has 0 aliphatic carbocycles. The topological polar surface area (TPSA) is 66.0 Å². The second kappa shape index (κ2) is 4.41. The molecule has 88 valence electrons. The Morgan fingerprint density at radius 1 is 1.29 bits per heavy atom. The van der Waals surface area contributed by atoms with Crippen LogP contribution in [0.25, 0.3) is 11.1 Å². The van der Waals surface area contributed by atoms with Crippen molar-refractivity contribution in [3.63, 3.8) is 0 Å². The van der Waals surface area contributed by atoms with Crippen LogP contribution in [0.4, 0.5) is 0 Å². The van der Waals surface area contributed by atoms with Gasteiger partial charge in [0.15, 0.2) is 0 Å². The van der Waals surface area contributed by atoms with Gasteiger partial charge in [0.25, 0.3) is 5.56 Å². The lowest BCUT2D eigenvalue weighted by atomic mass is 10.1. The van der Waals surface area contributed by atoms with Gasteiger partial charge in [-0.2, -0.15) is 4.98 Å². The number of aromatic amines is 1. The molecule has 1 aromatic heterocycles. The maximum atomic E-state index is 11.8. The molecule has 17 heavy (non-hydrogen) atoms. The Balaban J connectivity index is 2.60. The third-order valence-corrected chi connectivity index (χ3v) is 2.62. The number of hydrogen-bond donors (Lipinski definition) is 2. The van der Waals surface area contributed by atoms with Crippen LogP contribution in [0.15, 0.2) is 29.1 Å². The van der Waals surface area contributed by atoms with E-state index in [1.807, 2.05) is 26.0 Å². The predicted octanol–water partition coefficient (Wildman–Crippen LogP) is 2.01. The number of nitrogens with one attached hydrogen (secondary N) is 1. The Morgan fingerprint density at radius 3 is 2.47 bits per heavy atom. The summed E-state index contributed by atoms with van der Waals surface area (Å²) in [5.74, 6) is 0.276. The standard InChI is InChI=1S/C13H14N2O2/c1-3-10-14-12(16)11(13(17)15-10)9-6-4-8(2)5-7-9/h4-7H,3H2,1-2H3,(H2,14,15,16,17). The summed E-state index contributed by atoms with van der Waals surface area (Å²) in [5, 5.41) is 9.79. The van der Waals surface area contributed by atoms with Crippen molar-refractivity contribution in [2.45, 2.75) is 20.3 Å². The third-order valence-electron chi connectivity index (χ3n) is 2.62. The van der Waals surface area contributed by atoms with Crippen molar-refractivity contribution in [1.82, 2.24) is 9.97 Å². The monoisotopic (exact) mass is 230 g/mol. The average Bonchev–Trinajstić information content (AvgIpc) is 2.30. The Morgan fingerprint density at radius 2 is 1.94 bits per heavy atom. The SMILES string of the molecule is CCc1nc(O)c(-c2ccc(C)cc2)c(=O)[nH]1. The number of hydrogen-bond acceptors (Lipinski definition) is 3. The highest BCUT2D eigenvalue weighted by Crippen LogP contribution is 2.23. The zero-order chi connectivity index (χ0) is 12.4. The molecule has 0 radical (unpaired) electrons. The van der Waals surface area contributed by atoms with E-state index in [1.54, 1.807) is 12.1 Å². The largest absolute Gasteiger partial charge is 0.493 e. The fraction of sp³-hybridized carbons (Fsp3) is 0.231. The lowest BCUT2D eigenvalue weighted by Gasteiger charge is -2.05. The number of nitrogens with zero attached hydrogens (tertiary/aromatic N) is 1. The Bertz CT molecular complexity index is 585. The minimum atomic E-state index is -0.307. The number of aromatic nitrogens is 2. The van der Waals surface area contributed by atoms with Gasteiger partial charge >= 0.3 is 0 Å². The van der Waals surface area contributed by atoms with Gasteiger partial charge in [0.1, 0.15) is 11.4 Å². The first-order valence-corrected chi connectivity index (χ1v) is 5.51. The lowest BCUT2D eigenvalue weighted by molar-refractivity contribution is 0.450. The Labute approximate surface area is 99.0 Å². The van der Waals surface area contributed by atoms with Crippen LogP contribution < -0.4 is 5.56 Å². The van der Waals surface area contributed by atoms with Crippen molar-refractivity contribution in [1.29, 1.82) is 0 Å². The molecule has 0 aliphatic heterocycles. The molecule has 0 atom stereocenters. The average molecular weight is 230 g/mol. The quantitative estimate of drug-likeness (QED) is 0.829. The van der Waals surface area contributed by atoms with Gasteiger partial charge in [0.2, 0.25) is 5.88 Å². The Hall–Kier alpha value is -2.10. The molecule has 4 heteroatoms. The molecule has 2 aromatic rings. The van der Waals surface area contributed by atoms with Gasteiger partial charge in [-0.15, -0.1) is 0 Å². The normalized spacial score (nSPS) is 10.5. The van der Waals surface area contributed by atoms with E-state index in [0.29, 0.717) is 17.8 Å². The van der Waals surface area contributed by atoms with Crippen molar-refractivity contribution >= 4 is 0 Å². The summed E-state index contributed by atoms with van der Waals surface area (Å²) < 4.78 is 0. The molecule has 2 N–H and O–H groups in total. The van der Waals surface area contributed by atoms with Crippen molar-refractivity contribution in [2.75, 3.05) is 0 Å². The van der Waals surface area contributed by atoms with Crippen molar-refractivity contribution in [3.8, 4) is 17.0 Å². The lowest BCUT2D eigenvalue weighted by Crippen LogP contribution is -2.13. The summed E-state index contributed by atoms with van der Waals surface area (Å²) in [5.41, 5.74) is 1.69. The van der Waals surface area contributed by atoms with Gasteiger partial charge < -0.3 is 10.1 Å². The summed E-state index contributed by atoms with van der Waals surface area (Å²) in [6.45, 7) is 3.83. The first kappa shape index (κ1) is 11.4. The molecule has 0 saturated heterocycles. The molecule has 1 aromatic carbocycles. The zero-order valence-corrected chi connectivity index (χ0v) is 9.82. The zero-order valence-electron chi connectivity index (χ0n) is 9.82. The maximum Gasteiger partial charge on any atom is 0.262 e. The first-order chi connectivity index (χ1) is 8.11. The molecule has 0 saturated carbocycles. The summed E-state index contributed by atoms with van der Waals surface area (Å²) in [6, 6.07) is 7.38. The van der Waals surface area contributed by atoms with E-state index in [9.17, 15) is 9.90 Å². The summed E-state index contributed by atoms with van der Waals surface area (Å²) in [4.78, 5) is 18.5. The molecule has 0 aliphatic rings. The summed E-state index contributed by atoms with van der Waals surface area (Å²) in [7, 11) is 0. The van der Waals surface area contributed by atoms with Gasteiger partial charge in [0, 0.05) is 6.42 Å². The van der Waals surface area contributed by atoms with Crippen molar-refractivity contribution in [3.05, 3.63) is 46.0 Å². The maximum absolute atomic E-state index is 11.8. The molecule has 2 rings (SSSR count). The van der Waals surface area contributed by atoms with Gasteiger partial charge in [-0.3, -0.25) is 4.79 Å².